The minimum Gasteiger partial charge on any atom is -0.444 e. The van der Waals surface area contributed by atoms with Gasteiger partial charge in [-0.2, -0.15) is 0 Å². The Balaban J connectivity index is 1.80. The molecule has 0 aliphatic carbocycles. The zero-order chi connectivity index (χ0) is 16.4. The maximum Gasteiger partial charge on any atom is 0.410 e. The molecule has 0 saturated carbocycles. The number of carbonyl (C=O) groups excluding carboxylic acids is 1. The predicted molar refractivity (Wildman–Crippen MR) is 88.1 cm³/mol. The van der Waals surface area contributed by atoms with Crippen LogP contribution in [-0.4, -0.2) is 47.4 Å². The Kier molecular flexibility index (Phi) is 5.14. The number of thiophene rings is 1. The smallest absolute Gasteiger partial charge is 0.410 e. The van der Waals surface area contributed by atoms with Gasteiger partial charge in [0, 0.05) is 30.6 Å². The van der Waals surface area contributed by atoms with Gasteiger partial charge in [-0.15, -0.1) is 11.3 Å². The van der Waals surface area contributed by atoms with Crippen molar-refractivity contribution in [2.24, 2.45) is 0 Å². The molecule has 1 aliphatic rings. The van der Waals surface area contributed by atoms with Gasteiger partial charge in [0.15, 0.2) is 0 Å². The van der Waals surface area contributed by atoms with Crippen LogP contribution in [0.15, 0.2) is 17.5 Å². The fraction of sp³-hybridized carbons (Fsp3) is 0.688. The molecule has 2 N–H and O–H groups in total. The van der Waals surface area contributed by atoms with Crippen LogP contribution >= 0.6 is 11.3 Å². The van der Waals surface area contributed by atoms with E-state index in [1.165, 1.54) is 0 Å². The monoisotopic (exact) mass is 326 g/mol. The highest BCUT2D eigenvalue weighted by molar-refractivity contribution is 7.10. The van der Waals surface area contributed by atoms with Gasteiger partial charge in [-0.05, 0) is 45.6 Å². The van der Waals surface area contributed by atoms with Crippen molar-refractivity contribution in [3.63, 3.8) is 0 Å². The van der Waals surface area contributed by atoms with Crippen LogP contribution < -0.4 is 5.32 Å². The zero-order valence-corrected chi connectivity index (χ0v) is 14.6. The van der Waals surface area contributed by atoms with Gasteiger partial charge in [-0.25, -0.2) is 4.79 Å². The number of likely N-dealkylation sites (tertiary alicyclic amines) is 1. The first-order chi connectivity index (χ1) is 10.2. The highest BCUT2D eigenvalue weighted by Gasteiger charge is 2.31. The van der Waals surface area contributed by atoms with E-state index < -0.39 is 11.2 Å². The van der Waals surface area contributed by atoms with Crippen LogP contribution in [0, 0.1) is 0 Å². The fourth-order valence-corrected chi connectivity index (χ4v) is 3.22. The number of nitrogens with one attached hydrogen (secondary N) is 1. The number of hydrogen-bond acceptors (Lipinski definition) is 5. The van der Waals surface area contributed by atoms with Crippen LogP contribution in [0.4, 0.5) is 4.79 Å². The van der Waals surface area contributed by atoms with Crippen molar-refractivity contribution in [1.29, 1.82) is 0 Å². The second-order valence-corrected chi connectivity index (χ2v) is 7.99. The van der Waals surface area contributed by atoms with Gasteiger partial charge in [0.25, 0.3) is 0 Å². The molecule has 2 atom stereocenters. The molecule has 1 saturated heterocycles. The number of aliphatic hydroxyl groups is 1. The first-order valence-electron chi connectivity index (χ1n) is 7.65. The van der Waals surface area contributed by atoms with Gasteiger partial charge in [0.2, 0.25) is 0 Å². The lowest BCUT2D eigenvalue weighted by atomic mass is 10.0. The van der Waals surface area contributed by atoms with Crippen LogP contribution in [-0.2, 0) is 10.3 Å². The highest BCUT2D eigenvalue weighted by atomic mass is 32.1. The van der Waals surface area contributed by atoms with E-state index in [1.54, 1.807) is 16.2 Å². The van der Waals surface area contributed by atoms with Crippen LogP contribution in [0.2, 0.25) is 0 Å². The quantitative estimate of drug-likeness (QED) is 0.893. The molecular weight excluding hydrogens is 300 g/mol. The van der Waals surface area contributed by atoms with Gasteiger partial charge in [0.05, 0.1) is 0 Å². The van der Waals surface area contributed by atoms with Crippen molar-refractivity contribution in [3.05, 3.63) is 22.4 Å². The number of rotatable bonds is 4. The zero-order valence-electron chi connectivity index (χ0n) is 13.8. The van der Waals surface area contributed by atoms with E-state index in [-0.39, 0.29) is 12.1 Å². The van der Waals surface area contributed by atoms with Crippen molar-refractivity contribution in [2.75, 3.05) is 19.6 Å². The predicted octanol–water partition coefficient (Wildman–Crippen LogP) is 2.55. The lowest BCUT2D eigenvalue weighted by Crippen LogP contribution is -2.43. The summed E-state index contributed by atoms with van der Waals surface area (Å²) in [4.78, 5) is 14.7. The number of amides is 1. The van der Waals surface area contributed by atoms with Gasteiger partial charge in [-0.3, -0.25) is 0 Å². The molecule has 22 heavy (non-hydrogen) atoms. The Bertz CT molecular complexity index is 494. The average molecular weight is 326 g/mol. The van der Waals surface area contributed by atoms with E-state index in [2.05, 4.69) is 5.32 Å². The molecule has 1 amide bonds. The van der Waals surface area contributed by atoms with Gasteiger partial charge in [0.1, 0.15) is 11.2 Å². The minimum atomic E-state index is -0.881. The summed E-state index contributed by atoms with van der Waals surface area (Å²) >= 11 is 1.55. The highest BCUT2D eigenvalue weighted by Crippen LogP contribution is 2.25. The third-order valence-electron chi connectivity index (χ3n) is 3.63. The van der Waals surface area contributed by atoms with E-state index in [9.17, 15) is 9.90 Å². The normalized spacial score (nSPS) is 21.7. The van der Waals surface area contributed by atoms with E-state index in [4.69, 9.17) is 4.74 Å². The molecule has 0 spiro atoms. The van der Waals surface area contributed by atoms with E-state index >= 15 is 0 Å². The summed E-state index contributed by atoms with van der Waals surface area (Å²) in [5.74, 6) is 0. The summed E-state index contributed by atoms with van der Waals surface area (Å²) in [5, 5.41) is 15.8. The molecule has 0 radical (unpaired) electrons. The largest absolute Gasteiger partial charge is 0.444 e. The molecule has 124 valence electrons. The van der Waals surface area contributed by atoms with Crippen LogP contribution in [0.3, 0.4) is 0 Å². The fourth-order valence-electron chi connectivity index (χ4n) is 2.43. The summed E-state index contributed by atoms with van der Waals surface area (Å²) in [5.41, 5.74) is -1.35. The Hall–Kier alpha value is -1.11. The third-order valence-corrected chi connectivity index (χ3v) is 4.75. The Labute approximate surface area is 136 Å². The van der Waals surface area contributed by atoms with Crippen molar-refractivity contribution in [1.82, 2.24) is 10.2 Å². The van der Waals surface area contributed by atoms with Gasteiger partial charge >= 0.3 is 6.09 Å². The Morgan fingerprint density at radius 1 is 1.50 bits per heavy atom. The molecule has 1 aromatic rings. The van der Waals surface area contributed by atoms with Crippen molar-refractivity contribution >= 4 is 17.4 Å². The second kappa shape index (κ2) is 6.56. The van der Waals surface area contributed by atoms with E-state index in [0.717, 1.165) is 11.3 Å². The molecular formula is C16H26N2O3S. The summed E-state index contributed by atoms with van der Waals surface area (Å²) in [7, 11) is 0. The molecule has 0 aromatic carbocycles. The summed E-state index contributed by atoms with van der Waals surface area (Å²) in [6, 6.07) is 4.07. The first-order valence-corrected chi connectivity index (χ1v) is 8.53. The van der Waals surface area contributed by atoms with Crippen LogP contribution in [0.1, 0.15) is 39.0 Å². The molecule has 2 heterocycles. The molecule has 1 aliphatic heterocycles. The number of nitrogens with zero attached hydrogens (tertiary/aromatic N) is 1. The van der Waals surface area contributed by atoms with Crippen LogP contribution in [0.5, 0.6) is 0 Å². The minimum absolute atomic E-state index is 0.193. The lowest BCUT2D eigenvalue weighted by molar-refractivity contribution is 0.0287. The lowest BCUT2D eigenvalue weighted by Gasteiger charge is -2.26. The maximum atomic E-state index is 12.0. The number of hydrogen-bond donors (Lipinski definition) is 2. The van der Waals surface area contributed by atoms with Crippen molar-refractivity contribution in [3.8, 4) is 0 Å². The number of ether oxygens (including phenoxy) is 1. The van der Waals surface area contributed by atoms with E-state index in [1.807, 2.05) is 45.2 Å². The topological polar surface area (TPSA) is 61.8 Å². The van der Waals surface area contributed by atoms with Crippen molar-refractivity contribution in [2.45, 2.75) is 51.4 Å². The molecule has 6 heteroatoms. The Morgan fingerprint density at radius 2 is 2.23 bits per heavy atom. The van der Waals surface area contributed by atoms with E-state index in [0.29, 0.717) is 19.6 Å². The molecule has 1 fully saturated rings. The summed E-state index contributed by atoms with van der Waals surface area (Å²) in [6.45, 7) is 9.20. The molecule has 5 nitrogen and oxygen atoms in total. The number of carbonyl (C=O) groups is 1. The summed E-state index contributed by atoms with van der Waals surface area (Å²) < 4.78 is 5.39. The van der Waals surface area contributed by atoms with Crippen molar-refractivity contribution < 1.29 is 14.6 Å². The second-order valence-electron chi connectivity index (χ2n) is 7.04. The molecule has 2 rings (SSSR count). The van der Waals surface area contributed by atoms with Gasteiger partial charge < -0.3 is 20.1 Å². The SMILES string of the molecule is CC(C)(C)OC(=O)N1CC[C@@H](NC[C@@](C)(O)c2cccs2)C1. The first kappa shape index (κ1) is 17.2. The molecule has 0 unspecified atom stereocenters. The Morgan fingerprint density at radius 3 is 2.82 bits per heavy atom. The van der Waals surface area contributed by atoms with Crippen LogP contribution in [0.25, 0.3) is 0 Å². The summed E-state index contributed by atoms with van der Waals surface area (Å²) in [6.07, 6.45) is 0.613. The standard InChI is InChI=1S/C16H26N2O3S/c1-15(2,3)21-14(19)18-8-7-12(10-18)17-11-16(4,20)13-6-5-9-22-13/h5-6,9,12,17,20H,7-8,10-11H2,1-4H3/t12-,16-/m1/s1. The third kappa shape index (κ3) is 4.69. The maximum absolute atomic E-state index is 12.0. The molecule has 1 aromatic heterocycles. The van der Waals surface area contributed by atoms with Gasteiger partial charge in [-0.1, -0.05) is 6.07 Å². The molecule has 0 bridgehead atoms. The average Bonchev–Trinajstić information content (AvgIpc) is 3.06.